The number of hydrogen-bond donors (Lipinski definition) is 0. The predicted molar refractivity (Wildman–Crippen MR) is 253 cm³/mol. The molecule has 0 saturated heterocycles. The van der Waals surface area contributed by atoms with Crippen LogP contribution >= 0.6 is 0 Å². The second kappa shape index (κ2) is 12.6. The fourth-order valence-corrected chi connectivity index (χ4v) is 10.9. The van der Waals surface area contributed by atoms with E-state index in [1.54, 1.807) is 0 Å². The van der Waals surface area contributed by atoms with E-state index in [4.69, 9.17) is 0 Å². The Morgan fingerprint density at radius 2 is 0.767 bits per heavy atom. The summed E-state index contributed by atoms with van der Waals surface area (Å²) in [5.41, 5.74) is 16.0. The Morgan fingerprint density at radius 1 is 0.267 bits per heavy atom. The van der Waals surface area contributed by atoms with Crippen molar-refractivity contribution < 1.29 is 0 Å². The van der Waals surface area contributed by atoms with Gasteiger partial charge in [-0.3, -0.25) is 0 Å². The average Bonchev–Trinajstić information content (AvgIpc) is 3.79. The smallest absolute Gasteiger partial charge is 0.0726 e. The van der Waals surface area contributed by atoms with Crippen molar-refractivity contribution in [3.05, 3.63) is 247 Å². The van der Waals surface area contributed by atoms with E-state index in [1.807, 2.05) is 0 Å². The number of hydrogen-bond acceptors (Lipinski definition) is 1. The Labute approximate surface area is 349 Å². The van der Waals surface area contributed by atoms with Crippen LogP contribution in [0.25, 0.3) is 76.5 Å². The highest BCUT2D eigenvalue weighted by Gasteiger charge is 2.52. The zero-order valence-electron chi connectivity index (χ0n) is 32.8. The topological polar surface area (TPSA) is 3.24 Å². The Morgan fingerprint density at radius 3 is 1.53 bits per heavy atom. The molecule has 0 amide bonds. The molecule has 1 unspecified atom stereocenters. The summed E-state index contributed by atoms with van der Waals surface area (Å²) in [6, 6.07) is 83.7. The third kappa shape index (κ3) is 4.58. The second-order valence-corrected chi connectivity index (χ2v) is 16.4. The van der Waals surface area contributed by atoms with Gasteiger partial charge in [0, 0.05) is 17.1 Å². The maximum atomic E-state index is 2.48. The van der Waals surface area contributed by atoms with Crippen LogP contribution in [0.4, 0.5) is 17.1 Å². The molecule has 1 nitrogen and oxygen atoms in total. The van der Waals surface area contributed by atoms with Gasteiger partial charge in [-0.25, -0.2) is 0 Å². The van der Waals surface area contributed by atoms with E-state index in [0.717, 1.165) is 17.1 Å². The van der Waals surface area contributed by atoms with Crippen LogP contribution in [0.2, 0.25) is 0 Å². The van der Waals surface area contributed by atoms with Crippen molar-refractivity contribution in [1.29, 1.82) is 0 Å². The van der Waals surface area contributed by atoms with Gasteiger partial charge >= 0.3 is 0 Å². The molecule has 11 aromatic rings. The van der Waals surface area contributed by atoms with Crippen LogP contribution in [0, 0.1) is 0 Å². The summed E-state index contributed by atoms with van der Waals surface area (Å²) in [6.07, 6.45) is 0. The maximum Gasteiger partial charge on any atom is 0.0726 e. The highest BCUT2D eigenvalue weighted by molar-refractivity contribution is 6.11. The second-order valence-electron chi connectivity index (χ2n) is 16.4. The zero-order valence-corrected chi connectivity index (χ0v) is 32.8. The van der Waals surface area contributed by atoms with Crippen LogP contribution in [0.1, 0.15) is 22.3 Å². The first kappa shape index (κ1) is 33.3. The van der Waals surface area contributed by atoms with E-state index < -0.39 is 5.41 Å². The van der Waals surface area contributed by atoms with Gasteiger partial charge in [0.15, 0.2) is 0 Å². The van der Waals surface area contributed by atoms with Gasteiger partial charge in [-0.2, -0.15) is 0 Å². The Bertz CT molecular complexity index is 3560. The first-order valence-electron chi connectivity index (χ1n) is 20.9. The normalized spacial score (nSPS) is 14.7. The molecule has 2 aliphatic rings. The fraction of sp³-hybridized carbons (Fsp3) is 0.0169. The van der Waals surface area contributed by atoms with Crippen LogP contribution in [0.5, 0.6) is 0 Å². The van der Waals surface area contributed by atoms with Gasteiger partial charge in [-0.1, -0.05) is 188 Å². The number of benzene rings is 11. The van der Waals surface area contributed by atoms with Crippen LogP contribution in [-0.4, -0.2) is 0 Å². The quantitative estimate of drug-likeness (QED) is 0.162. The third-order valence-electron chi connectivity index (χ3n) is 13.4. The summed E-state index contributed by atoms with van der Waals surface area (Å²) in [6.45, 7) is 0. The number of rotatable bonds is 4. The number of anilines is 3. The summed E-state index contributed by atoms with van der Waals surface area (Å²) >= 11 is 0. The molecule has 0 fully saturated rings. The van der Waals surface area contributed by atoms with E-state index in [1.165, 1.54) is 98.7 Å². The maximum absolute atomic E-state index is 2.48. The van der Waals surface area contributed by atoms with Crippen LogP contribution in [-0.2, 0) is 5.41 Å². The lowest BCUT2D eigenvalue weighted by molar-refractivity contribution is 0.795. The summed E-state index contributed by atoms with van der Waals surface area (Å²) < 4.78 is 0. The predicted octanol–water partition coefficient (Wildman–Crippen LogP) is 15.8. The minimum atomic E-state index is -0.467. The molecule has 0 heterocycles. The van der Waals surface area contributed by atoms with Crippen molar-refractivity contribution in [2.75, 3.05) is 4.90 Å². The molecule has 0 bridgehead atoms. The lowest BCUT2D eigenvalue weighted by Gasteiger charge is -2.31. The lowest BCUT2D eigenvalue weighted by Crippen LogP contribution is -2.26. The fourth-order valence-electron chi connectivity index (χ4n) is 10.9. The molecule has 0 radical (unpaired) electrons. The molecule has 0 aromatic heterocycles. The molecule has 1 atom stereocenters. The van der Waals surface area contributed by atoms with Gasteiger partial charge in [0.2, 0.25) is 0 Å². The Hall–Kier alpha value is -7.74. The Balaban J connectivity index is 1.10. The van der Waals surface area contributed by atoms with Crippen molar-refractivity contribution in [2.24, 2.45) is 0 Å². The molecule has 1 spiro atoms. The van der Waals surface area contributed by atoms with Gasteiger partial charge in [-0.05, 0) is 135 Å². The standard InChI is InChI=1S/C59H37N/c1-2-13-38(14-3-1)42-18-12-19-44(35-42)60(45-29-31-48-43(36-45)26-25-39-15-4-7-20-47(39)48)46-30-34-54-52(37-46)58-50-22-9-6-17-41(50)28-33-56(58)59(54)53-24-11-10-23-51(53)57-49-21-8-5-16-40(49)27-32-55(57)59/h1-37H. The van der Waals surface area contributed by atoms with Crippen LogP contribution in [0.3, 0.4) is 0 Å². The average molecular weight is 760 g/mol. The van der Waals surface area contributed by atoms with Gasteiger partial charge in [0.25, 0.3) is 0 Å². The van der Waals surface area contributed by atoms with E-state index in [0.29, 0.717) is 0 Å². The molecule has 11 aromatic carbocycles. The summed E-state index contributed by atoms with van der Waals surface area (Å²) in [5.74, 6) is 0. The molecule has 278 valence electrons. The molecular weight excluding hydrogens is 723 g/mol. The van der Waals surface area contributed by atoms with Crippen LogP contribution in [0.15, 0.2) is 224 Å². The van der Waals surface area contributed by atoms with Crippen LogP contribution < -0.4 is 4.90 Å². The van der Waals surface area contributed by atoms with Gasteiger partial charge < -0.3 is 4.90 Å². The van der Waals surface area contributed by atoms with E-state index >= 15 is 0 Å². The highest BCUT2D eigenvalue weighted by atomic mass is 15.1. The molecule has 60 heavy (non-hydrogen) atoms. The van der Waals surface area contributed by atoms with E-state index in [2.05, 4.69) is 229 Å². The monoisotopic (exact) mass is 759 g/mol. The molecule has 13 rings (SSSR count). The molecule has 2 aliphatic carbocycles. The molecular formula is C59H37N. The lowest BCUT2D eigenvalue weighted by atomic mass is 9.70. The molecule has 1 heteroatoms. The van der Waals surface area contributed by atoms with Crippen molar-refractivity contribution in [1.82, 2.24) is 0 Å². The summed E-state index contributed by atoms with van der Waals surface area (Å²) in [7, 11) is 0. The first-order chi connectivity index (χ1) is 29.8. The van der Waals surface area contributed by atoms with E-state index in [-0.39, 0.29) is 0 Å². The largest absolute Gasteiger partial charge is 0.310 e. The zero-order chi connectivity index (χ0) is 39.4. The van der Waals surface area contributed by atoms with Crippen molar-refractivity contribution in [3.8, 4) is 33.4 Å². The SMILES string of the molecule is c1ccc(-c2cccc(N(c3ccc4c(c3)-c3c(ccc5ccccc35)C43c4ccccc4-c4c3ccc3ccccc43)c3ccc4c(ccc5ccccc54)c3)c2)cc1. The van der Waals surface area contributed by atoms with Crippen molar-refractivity contribution in [3.63, 3.8) is 0 Å². The van der Waals surface area contributed by atoms with E-state index in [9.17, 15) is 0 Å². The Kier molecular flexibility index (Phi) is 7.00. The van der Waals surface area contributed by atoms with Gasteiger partial charge in [0.05, 0.1) is 5.41 Å². The minimum Gasteiger partial charge on any atom is -0.310 e. The highest BCUT2D eigenvalue weighted by Crippen LogP contribution is 2.65. The van der Waals surface area contributed by atoms with Crippen molar-refractivity contribution >= 4 is 60.2 Å². The minimum absolute atomic E-state index is 0.467. The summed E-state index contributed by atoms with van der Waals surface area (Å²) in [5, 5.41) is 10.1. The number of nitrogens with zero attached hydrogens (tertiary/aromatic N) is 1. The molecule has 0 saturated carbocycles. The number of fused-ring (bicyclic) bond motifs is 17. The molecule has 0 N–H and O–H groups in total. The third-order valence-corrected chi connectivity index (χ3v) is 13.4. The van der Waals surface area contributed by atoms with Gasteiger partial charge in [0.1, 0.15) is 0 Å². The molecule has 0 aliphatic heterocycles. The first-order valence-corrected chi connectivity index (χ1v) is 20.9. The van der Waals surface area contributed by atoms with Crippen molar-refractivity contribution in [2.45, 2.75) is 5.41 Å². The van der Waals surface area contributed by atoms with Gasteiger partial charge in [-0.15, -0.1) is 0 Å². The summed E-state index contributed by atoms with van der Waals surface area (Å²) in [4.78, 5) is 2.46.